The molecule has 0 fully saturated rings. The third-order valence-corrected chi connectivity index (χ3v) is 1.90. The molecule has 0 aliphatic heterocycles. The van der Waals surface area contributed by atoms with Crippen LogP contribution in [0.25, 0.3) is 0 Å². The van der Waals surface area contributed by atoms with Gasteiger partial charge in [0.05, 0.1) is 0 Å². The fourth-order valence-corrected chi connectivity index (χ4v) is 1.10. The van der Waals surface area contributed by atoms with Gasteiger partial charge < -0.3 is 4.74 Å². The van der Waals surface area contributed by atoms with Crippen molar-refractivity contribution in [3.05, 3.63) is 60.7 Å². The Balaban J connectivity index is 2.24. The topological polar surface area (TPSA) is 38.7 Å². The molecular weight excluding hydrogens is 214 g/mol. The maximum Gasteiger partial charge on any atom is 0.328 e. The van der Waals surface area contributed by atoms with Gasteiger partial charge in [-0.3, -0.25) is 9.79 Å². The number of aliphatic imine (C=N–C) groups is 1. The van der Waals surface area contributed by atoms with Crippen LogP contribution in [0.1, 0.15) is 5.56 Å². The van der Waals surface area contributed by atoms with Crippen LogP contribution >= 0.6 is 0 Å². The Hall–Kier alpha value is -2.16. The summed E-state index contributed by atoms with van der Waals surface area (Å²) in [6, 6.07) is 9.54. The molecule has 1 rings (SSSR count). The summed E-state index contributed by atoms with van der Waals surface area (Å²) in [7, 11) is 0. The first kappa shape index (κ1) is 12.9. The minimum absolute atomic E-state index is 0.0360. The van der Waals surface area contributed by atoms with Crippen LogP contribution < -0.4 is 0 Å². The summed E-state index contributed by atoms with van der Waals surface area (Å²) in [5.74, 6) is -0.336. The summed E-state index contributed by atoms with van der Waals surface area (Å²) >= 11 is 0. The Morgan fingerprint density at radius 2 is 2.06 bits per heavy atom. The average Bonchev–Trinajstić information content (AvgIpc) is 2.37. The first-order chi connectivity index (χ1) is 8.33. The molecule has 0 aliphatic rings. The molecule has 0 bridgehead atoms. The van der Waals surface area contributed by atoms with Crippen LogP contribution in [0, 0.1) is 0 Å². The lowest BCUT2D eigenvalue weighted by Gasteiger charge is -2.02. The highest BCUT2D eigenvalue weighted by Gasteiger charge is 2.00. The monoisotopic (exact) mass is 229 g/mol. The van der Waals surface area contributed by atoms with E-state index >= 15 is 0 Å². The Morgan fingerprint density at radius 1 is 1.29 bits per heavy atom. The van der Waals surface area contributed by atoms with E-state index in [0.29, 0.717) is 0 Å². The minimum atomic E-state index is -0.336. The van der Waals surface area contributed by atoms with Crippen molar-refractivity contribution >= 4 is 12.2 Å². The zero-order chi connectivity index (χ0) is 12.3. The van der Waals surface area contributed by atoms with Gasteiger partial charge in [0.1, 0.15) is 13.2 Å². The predicted molar refractivity (Wildman–Crippen MR) is 68.9 cm³/mol. The predicted octanol–water partition coefficient (Wildman–Crippen LogP) is 2.54. The van der Waals surface area contributed by atoms with Crippen molar-refractivity contribution in [2.24, 2.45) is 4.99 Å². The summed E-state index contributed by atoms with van der Waals surface area (Å²) in [4.78, 5) is 15.2. The SMILES string of the molecule is C=C/C=C\C=N\CC(=O)OCc1ccccc1. The van der Waals surface area contributed by atoms with Gasteiger partial charge in [0.25, 0.3) is 0 Å². The van der Waals surface area contributed by atoms with Gasteiger partial charge in [0.2, 0.25) is 0 Å². The molecule has 0 atom stereocenters. The molecule has 0 N–H and O–H groups in total. The quantitative estimate of drug-likeness (QED) is 0.427. The largest absolute Gasteiger partial charge is 0.459 e. The van der Waals surface area contributed by atoms with Crippen LogP contribution in [-0.2, 0) is 16.1 Å². The fraction of sp³-hybridized carbons (Fsp3) is 0.143. The third-order valence-electron chi connectivity index (χ3n) is 1.90. The molecule has 0 saturated heterocycles. The first-order valence-electron chi connectivity index (χ1n) is 5.30. The number of carbonyl (C=O) groups is 1. The lowest BCUT2D eigenvalue weighted by Crippen LogP contribution is -2.07. The van der Waals surface area contributed by atoms with Gasteiger partial charge >= 0.3 is 5.97 Å². The Bertz CT molecular complexity index is 407. The van der Waals surface area contributed by atoms with Gasteiger partial charge in [-0.15, -0.1) is 0 Å². The molecule has 17 heavy (non-hydrogen) atoms. The van der Waals surface area contributed by atoms with E-state index in [0.717, 1.165) is 5.56 Å². The van der Waals surface area contributed by atoms with Gasteiger partial charge in [-0.2, -0.15) is 0 Å². The van der Waals surface area contributed by atoms with Gasteiger partial charge in [-0.05, 0) is 11.6 Å². The molecule has 0 heterocycles. The molecule has 1 aromatic carbocycles. The number of benzene rings is 1. The maximum atomic E-state index is 11.3. The highest BCUT2D eigenvalue weighted by atomic mass is 16.5. The van der Waals surface area contributed by atoms with E-state index in [-0.39, 0.29) is 19.1 Å². The summed E-state index contributed by atoms with van der Waals surface area (Å²) in [5, 5.41) is 0. The molecule has 0 aromatic heterocycles. The number of nitrogens with zero attached hydrogens (tertiary/aromatic N) is 1. The average molecular weight is 229 g/mol. The zero-order valence-electron chi connectivity index (χ0n) is 9.58. The van der Waals surface area contributed by atoms with Crippen molar-refractivity contribution in [3.8, 4) is 0 Å². The smallest absolute Gasteiger partial charge is 0.328 e. The number of carbonyl (C=O) groups excluding carboxylic acids is 1. The fourth-order valence-electron chi connectivity index (χ4n) is 1.10. The number of allylic oxidation sites excluding steroid dienone is 3. The molecule has 0 unspecified atom stereocenters. The molecule has 0 radical (unpaired) electrons. The van der Waals surface area contributed by atoms with Crippen LogP contribution in [0.15, 0.2) is 60.1 Å². The zero-order valence-corrected chi connectivity index (χ0v) is 9.58. The molecule has 0 spiro atoms. The Labute approximate surface area is 101 Å². The molecule has 1 aromatic rings. The van der Waals surface area contributed by atoms with E-state index in [2.05, 4.69) is 11.6 Å². The highest BCUT2D eigenvalue weighted by Crippen LogP contribution is 2.00. The van der Waals surface area contributed by atoms with E-state index < -0.39 is 0 Å². The molecule has 88 valence electrons. The first-order valence-corrected chi connectivity index (χ1v) is 5.30. The number of ether oxygens (including phenoxy) is 1. The van der Waals surface area contributed by atoms with Gasteiger partial charge in [-0.25, -0.2) is 0 Å². The van der Waals surface area contributed by atoms with Crippen molar-refractivity contribution in [2.45, 2.75) is 6.61 Å². The van der Waals surface area contributed by atoms with E-state index in [9.17, 15) is 4.79 Å². The van der Waals surface area contributed by atoms with Crippen molar-refractivity contribution in [1.82, 2.24) is 0 Å². The van der Waals surface area contributed by atoms with E-state index in [4.69, 9.17) is 4.74 Å². The summed E-state index contributed by atoms with van der Waals surface area (Å²) < 4.78 is 5.04. The third kappa shape index (κ3) is 6.10. The minimum Gasteiger partial charge on any atom is -0.459 e. The van der Waals surface area contributed by atoms with Crippen molar-refractivity contribution < 1.29 is 9.53 Å². The second-order valence-electron chi connectivity index (χ2n) is 3.26. The van der Waals surface area contributed by atoms with Crippen molar-refractivity contribution in [3.63, 3.8) is 0 Å². The number of rotatable bonds is 6. The van der Waals surface area contributed by atoms with Crippen molar-refractivity contribution in [2.75, 3.05) is 6.54 Å². The second-order valence-corrected chi connectivity index (χ2v) is 3.26. The van der Waals surface area contributed by atoms with E-state index in [1.54, 1.807) is 24.4 Å². The Morgan fingerprint density at radius 3 is 2.76 bits per heavy atom. The normalized spacial score (nSPS) is 10.8. The molecule has 0 saturated carbocycles. The van der Waals surface area contributed by atoms with E-state index in [1.807, 2.05) is 30.3 Å². The van der Waals surface area contributed by atoms with Gasteiger partial charge in [0, 0.05) is 6.21 Å². The highest BCUT2D eigenvalue weighted by molar-refractivity contribution is 5.77. The van der Waals surface area contributed by atoms with E-state index in [1.165, 1.54) is 0 Å². The standard InChI is InChI=1S/C14H15NO2/c1-2-3-7-10-15-11-14(16)17-12-13-8-5-4-6-9-13/h2-10H,1,11-12H2/b7-3-,15-10+. The van der Waals surface area contributed by atoms with Crippen LogP contribution in [0.3, 0.4) is 0 Å². The maximum absolute atomic E-state index is 11.3. The summed E-state index contributed by atoms with van der Waals surface area (Å²) in [5.41, 5.74) is 0.969. The molecule has 3 heteroatoms. The van der Waals surface area contributed by atoms with Gasteiger partial charge in [0.15, 0.2) is 0 Å². The van der Waals surface area contributed by atoms with Crippen LogP contribution in [0.2, 0.25) is 0 Å². The molecular formula is C14H15NO2. The van der Waals surface area contributed by atoms with Crippen LogP contribution in [-0.4, -0.2) is 18.7 Å². The van der Waals surface area contributed by atoms with Crippen LogP contribution in [0.5, 0.6) is 0 Å². The second kappa shape index (κ2) is 8.05. The lowest BCUT2D eigenvalue weighted by atomic mass is 10.2. The summed E-state index contributed by atoms with van der Waals surface area (Å²) in [6.07, 6.45) is 6.63. The van der Waals surface area contributed by atoms with Crippen LogP contribution in [0.4, 0.5) is 0 Å². The number of esters is 1. The molecule has 3 nitrogen and oxygen atoms in total. The van der Waals surface area contributed by atoms with Crippen molar-refractivity contribution in [1.29, 1.82) is 0 Å². The number of hydrogen-bond donors (Lipinski definition) is 0. The van der Waals surface area contributed by atoms with Gasteiger partial charge in [-0.1, -0.05) is 49.1 Å². The summed E-state index contributed by atoms with van der Waals surface area (Å²) in [6.45, 7) is 3.84. The lowest BCUT2D eigenvalue weighted by molar-refractivity contribution is -0.143. The molecule has 0 aliphatic carbocycles. The number of hydrogen-bond acceptors (Lipinski definition) is 3. The molecule has 0 amide bonds. The Kier molecular flexibility index (Phi) is 6.11.